The molecule has 11 nitrogen and oxygen atoms in total. The van der Waals surface area contributed by atoms with Crippen molar-refractivity contribution in [3.63, 3.8) is 0 Å². The average molecular weight is 562 g/mol. The number of halogens is 1. The van der Waals surface area contributed by atoms with E-state index in [2.05, 4.69) is 15.0 Å². The molecule has 0 aliphatic rings. The van der Waals surface area contributed by atoms with Crippen molar-refractivity contribution >= 4 is 39.6 Å². The summed E-state index contributed by atoms with van der Waals surface area (Å²) in [6, 6.07) is 13.1. The van der Waals surface area contributed by atoms with Crippen LogP contribution in [0.4, 0.5) is 4.79 Å². The van der Waals surface area contributed by atoms with E-state index in [9.17, 15) is 22.8 Å². The van der Waals surface area contributed by atoms with Crippen LogP contribution in [0.3, 0.4) is 0 Å². The van der Waals surface area contributed by atoms with Gasteiger partial charge in [-0.15, -0.1) is 0 Å². The number of methoxy groups -OCH3 is 1. The molecular formula is C25H24ClN3O8S. The smallest absolute Gasteiger partial charge is 0.497 e. The summed E-state index contributed by atoms with van der Waals surface area (Å²) in [7, 11) is -2.69. The molecule has 0 fully saturated rings. The van der Waals surface area contributed by atoms with Crippen LogP contribution in [-0.4, -0.2) is 51.6 Å². The Hall–Kier alpha value is -4.16. The number of nitrogens with one attached hydrogen (secondary N) is 2. The second-order valence-electron chi connectivity index (χ2n) is 7.60. The normalized spacial score (nSPS) is 10.8. The minimum atomic E-state index is -4.17. The molecule has 2 N–H and O–H groups in total. The number of hydrogen-bond acceptors (Lipinski definition) is 9. The molecule has 0 saturated heterocycles. The monoisotopic (exact) mass is 561 g/mol. The zero-order valence-electron chi connectivity index (χ0n) is 20.4. The Morgan fingerprint density at radius 1 is 1.00 bits per heavy atom. The lowest BCUT2D eigenvalue weighted by Gasteiger charge is -2.10. The lowest BCUT2D eigenvalue weighted by molar-refractivity contribution is 0.0950. The van der Waals surface area contributed by atoms with Crippen LogP contribution >= 0.6 is 11.6 Å². The molecule has 0 atom stereocenters. The first kappa shape index (κ1) is 28.4. The van der Waals surface area contributed by atoms with E-state index in [1.54, 1.807) is 31.2 Å². The Morgan fingerprint density at radius 2 is 1.74 bits per heavy atom. The van der Waals surface area contributed by atoms with Gasteiger partial charge in [0.25, 0.3) is 21.8 Å². The third-order valence-corrected chi connectivity index (χ3v) is 6.70. The zero-order valence-corrected chi connectivity index (χ0v) is 22.0. The number of hydrogen-bond donors (Lipinski definition) is 2. The Morgan fingerprint density at radius 3 is 2.37 bits per heavy atom. The first-order chi connectivity index (χ1) is 18.1. The lowest BCUT2D eigenvalue weighted by atomic mass is 10.1. The molecule has 2 amide bonds. The summed E-state index contributed by atoms with van der Waals surface area (Å²) in [5.74, 6) is -0.894. The molecule has 38 heavy (non-hydrogen) atoms. The summed E-state index contributed by atoms with van der Waals surface area (Å²) in [6.07, 6.45) is 0.536. The topological polar surface area (TPSA) is 150 Å². The van der Waals surface area contributed by atoms with Crippen LogP contribution < -0.4 is 19.5 Å². The highest BCUT2D eigenvalue weighted by molar-refractivity contribution is 7.90. The van der Waals surface area contributed by atoms with Crippen molar-refractivity contribution in [3.05, 3.63) is 82.5 Å². The Bertz CT molecular complexity index is 1410. The lowest BCUT2D eigenvalue weighted by Crippen LogP contribution is -2.30. The molecule has 2 aromatic carbocycles. The molecule has 0 radical (unpaired) electrons. The Labute approximate surface area is 224 Å². The molecule has 200 valence electrons. The van der Waals surface area contributed by atoms with Gasteiger partial charge in [-0.05, 0) is 55.3 Å². The predicted molar refractivity (Wildman–Crippen MR) is 137 cm³/mol. The zero-order chi connectivity index (χ0) is 27.7. The van der Waals surface area contributed by atoms with Crippen molar-refractivity contribution in [2.24, 2.45) is 0 Å². The summed E-state index contributed by atoms with van der Waals surface area (Å²) in [6.45, 7) is 2.00. The summed E-state index contributed by atoms with van der Waals surface area (Å²) >= 11 is 6.09. The van der Waals surface area contributed by atoms with E-state index < -0.39 is 22.1 Å². The minimum absolute atomic E-state index is 0.0618. The van der Waals surface area contributed by atoms with Crippen molar-refractivity contribution in [2.75, 3.05) is 20.3 Å². The molecular weight excluding hydrogens is 538 g/mol. The van der Waals surface area contributed by atoms with Gasteiger partial charge in [-0.3, -0.25) is 9.59 Å². The van der Waals surface area contributed by atoms with Gasteiger partial charge in [0.1, 0.15) is 5.75 Å². The number of pyridine rings is 1. The van der Waals surface area contributed by atoms with Crippen LogP contribution in [0.15, 0.2) is 65.7 Å². The SMILES string of the molecule is CCOC(=O)Oc1ccc(C(=O)NS(=O)(=O)c2ccc(CCNC(=O)c3cc(OC)ccc3Cl)cc2)cn1. The van der Waals surface area contributed by atoms with Crippen LogP contribution in [0.25, 0.3) is 0 Å². The van der Waals surface area contributed by atoms with Gasteiger partial charge >= 0.3 is 6.16 Å². The van der Waals surface area contributed by atoms with Gasteiger partial charge in [-0.25, -0.2) is 22.9 Å². The van der Waals surface area contributed by atoms with E-state index in [-0.39, 0.29) is 46.0 Å². The molecule has 0 aliphatic carbocycles. The fourth-order valence-electron chi connectivity index (χ4n) is 3.10. The Balaban J connectivity index is 1.55. The van der Waals surface area contributed by atoms with E-state index in [0.717, 1.165) is 11.8 Å². The molecule has 0 spiro atoms. The van der Waals surface area contributed by atoms with Crippen molar-refractivity contribution < 1.29 is 37.0 Å². The highest BCUT2D eigenvalue weighted by Crippen LogP contribution is 2.22. The highest BCUT2D eigenvalue weighted by Gasteiger charge is 2.19. The van der Waals surface area contributed by atoms with E-state index in [0.29, 0.717) is 12.2 Å². The average Bonchev–Trinajstić information content (AvgIpc) is 2.89. The number of sulfonamides is 1. The Kier molecular flexibility index (Phi) is 9.63. The number of aromatic nitrogens is 1. The number of carbonyl (C=O) groups excluding carboxylic acids is 3. The quantitative estimate of drug-likeness (QED) is 0.355. The van der Waals surface area contributed by atoms with E-state index in [1.165, 1.54) is 37.4 Å². The van der Waals surface area contributed by atoms with Gasteiger partial charge in [0.15, 0.2) is 0 Å². The maximum Gasteiger partial charge on any atom is 0.515 e. The van der Waals surface area contributed by atoms with Gasteiger partial charge < -0.3 is 19.5 Å². The van der Waals surface area contributed by atoms with Crippen LogP contribution in [0.1, 0.15) is 33.2 Å². The third kappa shape index (κ3) is 7.67. The van der Waals surface area contributed by atoms with E-state index in [4.69, 9.17) is 21.1 Å². The number of nitrogens with zero attached hydrogens (tertiary/aromatic N) is 1. The summed E-state index contributed by atoms with van der Waals surface area (Å²) in [4.78, 5) is 39.8. The number of ether oxygens (including phenoxy) is 3. The highest BCUT2D eigenvalue weighted by atomic mass is 35.5. The van der Waals surface area contributed by atoms with Crippen molar-refractivity contribution in [3.8, 4) is 11.6 Å². The van der Waals surface area contributed by atoms with Crippen LogP contribution in [0.5, 0.6) is 11.6 Å². The fraction of sp³-hybridized carbons (Fsp3) is 0.200. The molecule has 1 heterocycles. The van der Waals surface area contributed by atoms with Crippen molar-refractivity contribution in [2.45, 2.75) is 18.2 Å². The maximum absolute atomic E-state index is 12.6. The number of rotatable bonds is 10. The molecule has 13 heteroatoms. The van der Waals surface area contributed by atoms with Crippen LogP contribution in [0, 0.1) is 0 Å². The number of amides is 2. The molecule has 1 aromatic heterocycles. The van der Waals surface area contributed by atoms with E-state index in [1.807, 2.05) is 4.72 Å². The standard InChI is InChI=1S/C25H24ClN3O8S/c1-3-36-25(32)37-22-11-6-17(15-28-22)23(30)29-38(33,34)19-8-4-16(5-9-19)12-13-27-24(31)20-14-18(35-2)7-10-21(20)26/h4-11,14-15H,3,12-13H2,1-2H3,(H,27,31)(H,29,30). The molecule has 0 unspecified atom stereocenters. The third-order valence-electron chi connectivity index (χ3n) is 5.03. The fourth-order valence-corrected chi connectivity index (χ4v) is 4.28. The maximum atomic E-state index is 12.6. The summed E-state index contributed by atoms with van der Waals surface area (Å²) < 4.78 is 41.8. The summed E-state index contributed by atoms with van der Waals surface area (Å²) in [5, 5.41) is 3.04. The molecule has 0 saturated carbocycles. The van der Waals surface area contributed by atoms with Gasteiger partial charge in [-0.2, -0.15) is 0 Å². The second kappa shape index (κ2) is 12.9. The van der Waals surface area contributed by atoms with Gasteiger partial charge in [0.05, 0.1) is 34.8 Å². The van der Waals surface area contributed by atoms with Gasteiger partial charge in [0.2, 0.25) is 5.88 Å². The molecule has 0 aliphatic heterocycles. The molecule has 3 rings (SSSR count). The second-order valence-corrected chi connectivity index (χ2v) is 9.69. The van der Waals surface area contributed by atoms with Crippen molar-refractivity contribution in [1.29, 1.82) is 0 Å². The first-order valence-electron chi connectivity index (χ1n) is 11.2. The minimum Gasteiger partial charge on any atom is -0.497 e. The summed E-state index contributed by atoms with van der Waals surface area (Å²) in [5.41, 5.74) is 0.974. The van der Waals surface area contributed by atoms with Gasteiger partial charge in [0, 0.05) is 18.8 Å². The van der Waals surface area contributed by atoms with Crippen LogP contribution in [-0.2, 0) is 21.2 Å². The first-order valence-corrected chi connectivity index (χ1v) is 13.1. The molecule has 0 bridgehead atoms. The predicted octanol–water partition coefficient (Wildman–Crippen LogP) is 3.37. The largest absolute Gasteiger partial charge is 0.515 e. The van der Waals surface area contributed by atoms with Crippen LogP contribution in [0.2, 0.25) is 5.02 Å². The van der Waals surface area contributed by atoms with Crippen molar-refractivity contribution in [1.82, 2.24) is 15.0 Å². The number of carbonyl (C=O) groups is 3. The number of benzene rings is 2. The van der Waals surface area contributed by atoms with Gasteiger partial charge in [-0.1, -0.05) is 23.7 Å². The molecule has 3 aromatic rings. The van der Waals surface area contributed by atoms with E-state index >= 15 is 0 Å².